The van der Waals surface area contributed by atoms with E-state index in [1.165, 1.54) is 0 Å². The number of rotatable bonds is 7. The molecule has 1 atom stereocenters. The molecule has 0 amide bonds. The van der Waals surface area contributed by atoms with Crippen molar-refractivity contribution in [2.75, 3.05) is 12.3 Å². The van der Waals surface area contributed by atoms with E-state index in [9.17, 15) is 8.42 Å². The third kappa shape index (κ3) is 6.34. The summed E-state index contributed by atoms with van der Waals surface area (Å²) in [6.45, 7) is 6.26. The summed E-state index contributed by atoms with van der Waals surface area (Å²) in [5.74, 6) is 0.344. The standard InChI is InChI=1S/C9H22N2O2S/c1-4-9(5-6-10)11-14(12,13)7-8(2)3/h8-9,11H,4-7,10H2,1-3H3. The summed E-state index contributed by atoms with van der Waals surface area (Å²) in [5.41, 5.74) is 5.39. The third-order valence-corrected chi connectivity index (χ3v) is 3.70. The van der Waals surface area contributed by atoms with Gasteiger partial charge in [0, 0.05) is 6.04 Å². The van der Waals surface area contributed by atoms with Crippen LogP contribution in [-0.2, 0) is 10.0 Å². The lowest BCUT2D eigenvalue weighted by molar-refractivity contribution is 0.514. The van der Waals surface area contributed by atoms with Gasteiger partial charge < -0.3 is 5.73 Å². The van der Waals surface area contributed by atoms with Gasteiger partial charge in [0.2, 0.25) is 10.0 Å². The fraction of sp³-hybridized carbons (Fsp3) is 1.00. The molecule has 0 aliphatic rings. The van der Waals surface area contributed by atoms with Gasteiger partial charge in [-0.1, -0.05) is 20.8 Å². The van der Waals surface area contributed by atoms with E-state index in [2.05, 4.69) is 4.72 Å². The molecule has 0 radical (unpaired) electrons. The number of nitrogens with two attached hydrogens (primary N) is 1. The van der Waals surface area contributed by atoms with Crippen LogP contribution in [0.2, 0.25) is 0 Å². The Bertz CT molecular complexity index is 237. The molecule has 4 nitrogen and oxygen atoms in total. The quantitative estimate of drug-likeness (QED) is 0.665. The molecule has 0 heterocycles. The fourth-order valence-corrected chi connectivity index (χ4v) is 3.05. The van der Waals surface area contributed by atoms with Gasteiger partial charge in [-0.25, -0.2) is 13.1 Å². The molecule has 0 spiro atoms. The van der Waals surface area contributed by atoms with E-state index in [1.54, 1.807) is 0 Å². The first kappa shape index (κ1) is 13.9. The van der Waals surface area contributed by atoms with Crippen molar-refractivity contribution in [2.24, 2.45) is 11.7 Å². The van der Waals surface area contributed by atoms with E-state index < -0.39 is 10.0 Å². The van der Waals surface area contributed by atoms with Gasteiger partial charge in [0.1, 0.15) is 0 Å². The van der Waals surface area contributed by atoms with E-state index >= 15 is 0 Å². The summed E-state index contributed by atoms with van der Waals surface area (Å²) in [4.78, 5) is 0. The lowest BCUT2D eigenvalue weighted by atomic mass is 10.2. The van der Waals surface area contributed by atoms with Crippen LogP contribution in [0.15, 0.2) is 0 Å². The predicted molar refractivity (Wildman–Crippen MR) is 59.5 cm³/mol. The van der Waals surface area contributed by atoms with Gasteiger partial charge in [0.15, 0.2) is 0 Å². The van der Waals surface area contributed by atoms with E-state index in [-0.39, 0.29) is 17.7 Å². The second kappa shape index (κ2) is 6.37. The van der Waals surface area contributed by atoms with Crippen LogP contribution in [0, 0.1) is 5.92 Å². The number of nitrogens with one attached hydrogen (secondary N) is 1. The average Bonchev–Trinajstić information content (AvgIpc) is 2.00. The Kier molecular flexibility index (Phi) is 6.31. The number of hydrogen-bond acceptors (Lipinski definition) is 3. The lowest BCUT2D eigenvalue weighted by Gasteiger charge is -2.16. The van der Waals surface area contributed by atoms with Gasteiger partial charge in [-0.2, -0.15) is 0 Å². The zero-order chi connectivity index (χ0) is 11.2. The van der Waals surface area contributed by atoms with Crippen molar-refractivity contribution in [1.82, 2.24) is 4.72 Å². The van der Waals surface area contributed by atoms with Crippen LogP contribution in [0.1, 0.15) is 33.6 Å². The highest BCUT2D eigenvalue weighted by atomic mass is 32.2. The van der Waals surface area contributed by atoms with Crippen molar-refractivity contribution in [1.29, 1.82) is 0 Å². The molecule has 0 aromatic rings. The highest BCUT2D eigenvalue weighted by Gasteiger charge is 2.17. The van der Waals surface area contributed by atoms with E-state index in [1.807, 2.05) is 20.8 Å². The van der Waals surface area contributed by atoms with Crippen molar-refractivity contribution in [3.8, 4) is 0 Å². The maximum absolute atomic E-state index is 11.5. The fourth-order valence-electron chi connectivity index (χ4n) is 1.29. The Morgan fingerprint density at radius 2 is 1.93 bits per heavy atom. The Morgan fingerprint density at radius 3 is 2.29 bits per heavy atom. The summed E-state index contributed by atoms with van der Waals surface area (Å²) in [5, 5.41) is 0. The molecule has 14 heavy (non-hydrogen) atoms. The molecule has 0 aliphatic carbocycles. The molecule has 0 saturated heterocycles. The lowest BCUT2D eigenvalue weighted by Crippen LogP contribution is -2.38. The van der Waals surface area contributed by atoms with Crippen LogP contribution < -0.4 is 10.5 Å². The van der Waals surface area contributed by atoms with Crippen LogP contribution in [0.4, 0.5) is 0 Å². The second-order valence-corrected chi connectivity index (χ2v) is 5.77. The zero-order valence-corrected chi connectivity index (χ0v) is 10.1. The first-order valence-electron chi connectivity index (χ1n) is 5.11. The molecule has 3 N–H and O–H groups in total. The van der Waals surface area contributed by atoms with Crippen LogP contribution >= 0.6 is 0 Å². The molecular weight excluding hydrogens is 200 g/mol. The zero-order valence-electron chi connectivity index (χ0n) is 9.29. The van der Waals surface area contributed by atoms with Gasteiger partial charge >= 0.3 is 0 Å². The molecule has 0 saturated carbocycles. The predicted octanol–water partition coefficient (Wildman–Crippen LogP) is 0.689. The minimum absolute atomic E-state index is 0.0104. The van der Waals surface area contributed by atoms with E-state index in [4.69, 9.17) is 5.73 Å². The maximum atomic E-state index is 11.5. The van der Waals surface area contributed by atoms with Crippen LogP contribution in [0.25, 0.3) is 0 Å². The summed E-state index contributed by atoms with van der Waals surface area (Å²) in [6.07, 6.45) is 1.49. The van der Waals surface area contributed by atoms with Gasteiger partial charge in [-0.05, 0) is 25.3 Å². The molecule has 0 aromatic carbocycles. The first-order chi connectivity index (χ1) is 6.41. The van der Waals surface area contributed by atoms with Crippen molar-refractivity contribution >= 4 is 10.0 Å². The Hall–Kier alpha value is -0.130. The molecule has 0 aliphatic heterocycles. The molecule has 0 fully saturated rings. The van der Waals surface area contributed by atoms with Gasteiger partial charge in [0.25, 0.3) is 0 Å². The summed E-state index contributed by atoms with van der Waals surface area (Å²) < 4.78 is 25.7. The van der Waals surface area contributed by atoms with Crippen LogP contribution in [0.5, 0.6) is 0 Å². The van der Waals surface area contributed by atoms with E-state index in [0.717, 1.165) is 6.42 Å². The molecule has 5 heteroatoms. The summed E-state index contributed by atoms with van der Waals surface area (Å²) in [7, 11) is -3.12. The Morgan fingerprint density at radius 1 is 1.36 bits per heavy atom. The molecule has 86 valence electrons. The molecule has 1 unspecified atom stereocenters. The molecule has 0 bridgehead atoms. The molecular formula is C9H22N2O2S. The third-order valence-electron chi connectivity index (χ3n) is 1.91. The molecule has 0 rings (SSSR count). The summed E-state index contributed by atoms with van der Waals surface area (Å²) in [6, 6.07) is -0.0104. The Labute approximate surface area is 87.3 Å². The highest BCUT2D eigenvalue weighted by Crippen LogP contribution is 2.03. The Balaban J connectivity index is 4.18. The van der Waals surface area contributed by atoms with Gasteiger partial charge in [-0.15, -0.1) is 0 Å². The van der Waals surface area contributed by atoms with Crippen LogP contribution in [0.3, 0.4) is 0 Å². The highest BCUT2D eigenvalue weighted by molar-refractivity contribution is 7.89. The van der Waals surface area contributed by atoms with Gasteiger partial charge in [-0.3, -0.25) is 0 Å². The van der Waals surface area contributed by atoms with Crippen LogP contribution in [-0.4, -0.2) is 26.8 Å². The monoisotopic (exact) mass is 222 g/mol. The minimum Gasteiger partial charge on any atom is -0.330 e. The summed E-state index contributed by atoms with van der Waals surface area (Å²) >= 11 is 0. The first-order valence-corrected chi connectivity index (χ1v) is 6.76. The normalized spacial score (nSPS) is 14.6. The second-order valence-electron chi connectivity index (χ2n) is 3.98. The topological polar surface area (TPSA) is 72.2 Å². The molecule has 0 aromatic heterocycles. The van der Waals surface area contributed by atoms with E-state index in [0.29, 0.717) is 13.0 Å². The largest absolute Gasteiger partial charge is 0.330 e. The minimum atomic E-state index is -3.12. The van der Waals surface area contributed by atoms with Crippen molar-refractivity contribution in [3.05, 3.63) is 0 Å². The maximum Gasteiger partial charge on any atom is 0.212 e. The van der Waals surface area contributed by atoms with Crippen molar-refractivity contribution in [2.45, 2.75) is 39.7 Å². The number of sulfonamides is 1. The SMILES string of the molecule is CCC(CCN)NS(=O)(=O)CC(C)C. The van der Waals surface area contributed by atoms with Gasteiger partial charge in [0.05, 0.1) is 5.75 Å². The van der Waals surface area contributed by atoms with Crippen molar-refractivity contribution in [3.63, 3.8) is 0 Å². The number of hydrogen-bond donors (Lipinski definition) is 2. The van der Waals surface area contributed by atoms with Crippen molar-refractivity contribution < 1.29 is 8.42 Å². The smallest absolute Gasteiger partial charge is 0.212 e. The average molecular weight is 222 g/mol.